The normalized spacial score (nSPS) is 19.4. The van der Waals surface area contributed by atoms with E-state index in [1.54, 1.807) is 43.5 Å². The van der Waals surface area contributed by atoms with Gasteiger partial charge in [0, 0.05) is 16.5 Å². The number of nitrogens with zero attached hydrogens (tertiary/aromatic N) is 2. The maximum Gasteiger partial charge on any atom is 0.308 e. The van der Waals surface area contributed by atoms with E-state index in [2.05, 4.69) is 5.32 Å². The van der Waals surface area contributed by atoms with Crippen molar-refractivity contribution in [1.29, 1.82) is 0 Å². The number of thiazole rings is 1. The van der Waals surface area contributed by atoms with E-state index in [4.69, 9.17) is 27.9 Å². The number of aromatic nitrogens is 1. The third-order valence-corrected chi connectivity index (χ3v) is 10.7. The molecule has 0 bridgehead atoms. The van der Waals surface area contributed by atoms with Gasteiger partial charge in [-0.15, -0.1) is 0 Å². The summed E-state index contributed by atoms with van der Waals surface area (Å²) in [7, 11) is 1.56. The summed E-state index contributed by atoms with van der Waals surface area (Å²) in [5.74, 6) is -1.79. The number of carbonyl (C=O) groups excluding carboxylic acids is 3. The predicted molar refractivity (Wildman–Crippen MR) is 165 cm³/mol. The van der Waals surface area contributed by atoms with Crippen LogP contribution in [0.1, 0.15) is 21.9 Å². The molecule has 3 amide bonds. The molecule has 1 aromatic heterocycles. The van der Waals surface area contributed by atoms with Gasteiger partial charge >= 0.3 is 4.87 Å². The smallest absolute Gasteiger partial charge is 0.308 e. The van der Waals surface area contributed by atoms with Crippen LogP contribution in [0.15, 0.2) is 76.6 Å². The molecule has 214 valence electrons. The van der Waals surface area contributed by atoms with Gasteiger partial charge in [0.05, 0.1) is 33.8 Å². The molecule has 2 aliphatic heterocycles. The van der Waals surface area contributed by atoms with Crippen molar-refractivity contribution >= 4 is 75.4 Å². The Morgan fingerprint density at radius 1 is 0.952 bits per heavy atom. The number of methoxy groups -OCH3 is 1. The number of fused-ring (bicyclic) bond motifs is 2. The average molecular weight is 641 g/mol. The highest BCUT2D eigenvalue weighted by Crippen LogP contribution is 2.54. The molecule has 3 aromatic carbocycles. The van der Waals surface area contributed by atoms with Crippen molar-refractivity contribution in [3.05, 3.63) is 102 Å². The highest BCUT2D eigenvalue weighted by atomic mass is 35.5. The van der Waals surface area contributed by atoms with Crippen LogP contribution in [0.25, 0.3) is 0 Å². The molecule has 3 atom stereocenters. The van der Waals surface area contributed by atoms with Gasteiger partial charge in [-0.05, 0) is 55.0 Å². The predicted octanol–water partition coefficient (Wildman–Crippen LogP) is 5.97. The number of halogens is 2. The summed E-state index contributed by atoms with van der Waals surface area (Å²) in [6.45, 7) is 1.65. The first-order chi connectivity index (χ1) is 20.2. The number of anilines is 2. The van der Waals surface area contributed by atoms with E-state index < -0.39 is 23.0 Å². The van der Waals surface area contributed by atoms with Crippen LogP contribution in [0, 0.1) is 12.8 Å². The first kappa shape index (κ1) is 28.5. The molecule has 2 aliphatic rings. The van der Waals surface area contributed by atoms with Crippen LogP contribution in [0.4, 0.5) is 11.4 Å². The van der Waals surface area contributed by atoms with Crippen LogP contribution < -0.4 is 19.8 Å². The van der Waals surface area contributed by atoms with Crippen LogP contribution in [0.3, 0.4) is 0 Å². The highest BCUT2D eigenvalue weighted by molar-refractivity contribution is 8.00. The van der Waals surface area contributed by atoms with Gasteiger partial charge in [0.1, 0.15) is 17.5 Å². The van der Waals surface area contributed by atoms with Crippen molar-refractivity contribution in [3.63, 3.8) is 0 Å². The lowest BCUT2D eigenvalue weighted by atomic mass is 9.83. The summed E-state index contributed by atoms with van der Waals surface area (Å²) in [4.78, 5) is 55.7. The Morgan fingerprint density at radius 2 is 1.67 bits per heavy atom. The van der Waals surface area contributed by atoms with Gasteiger partial charge in [0.25, 0.3) is 0 Å². The third kappa shape index (κ3) is 5.02. The number of nitrogens with one attached hydrogen (secondary N) is 1. The molecule has 0 unspecified atom stereocenters. The number of ether oxygens (including phenoxy) is 1. The Labute approximate surface area is 259 Å². The largest absolute Gasteiger partial charge is 0.497 e. The molecule has 6 rings (SSSR count). The standard InChI is InChI=1S/C30H23Cl2N3O5S2/c1-15-3-8-18(9-4-15)35-27(37)24-23(16-5-10-19(40-2)11-6-16)26-29(41-25(24)28(35)38)34(30(39)42-26)14-22(36)33-17-7-12-20(31)21(32)13-17/h3-13,23-25H,14H2,1-2H3,(H,33,36)/t23-,24-,25+/m0/s1. The Kier molecular flexibility index (Phi) is 7.65. The molecule has 1 N–H and O–H groups in total. The maximum absolute atomic E-state index is 14.0. The lowest BCUT2D eigenvalue weighted by Gasteiger charge is -2.30. The molecule has 1 saturated heterocycles. The molecule has 0 radical (unpaired) electrons. The van der Waals surface area contributed by atoms with Crippen LogP contribution in [0.5, 0.6) is 5.75 Å². The van der Waals surface area contributed by atoms with Gasteiger partial charge in [0.2, 0.25) is 17.7 Å². The van der Waals surface area contributed by atoms with Gasteiger partial charge < -0.3 is 10.1 Å². The Hall–Kier alpha value is -3.57. The zero-order chi connectivity index (χ0) is 29.7. The summed E-state index contributed by atoms with van der Waals surface area (Å²) < 4.78 is 6.69. The summed E-state index contributed by atoms with van der Waals surface area (Å²) in [5, 5.41) is 3.10. The van der Waals surface area contributed by atoms with Crippen molar-refractivity contribution in [2.75, 3.05) is 17.3 Å². The van der Waals surface area contributed by atoms with Gasteiger partial charge in [-0.25, -0.2) is 4.90 Å². The van der Waals surface area contributed by atoms with E-state index in [1.807, 2.05) is 31.2 Å². The molecule has 4 aromatic rings. The molecule has 1 fully saturated rings. The molecule has 0 aliphatic carbocycles. The van der Waals surface area contributed by atoms with E-state index in [9.17, 15) is 19.2 Å². The molecule has 0 saturated carbocycles. The van der Waals surface area contributed by atoms with Crippen LogP contribution >= 0.6 is 46.3 Å². The van der Waals surface area contributed by atoms with E-state index in [1.165, 1.54) is 27.3 Å². The maximum atomic E-state index is 14.0. The molecule has 42 heavy (non-hydrogen) atoms. The molecular formula is C30H23Cl2N3O5S2. The minimum Gasteiger partial charge on any atom is -0.497 e. The van der Waals surface area contributed by atoms with Crippen LogP contribution in [0.2, 0.25) is 10.0 Å². The second-order valence-electron chi connectivity index (χ2n) is 9.96. The number of rotatable bonds is 6. The first-order valence-corrected chi connectivity index (χ1v) is 15.3. The number of hydrogen-bond acceptors (Lipinski definition) is 7. The zero-order valence-electron chi connectivity index (χ0n) is 22.3. The van der Waals surface area contributed by atoms with E-state index in [0.29, 0.717) is 32.1 Å². The Morgan fingerprint density at radius 3 is 2.33 bits per heavy atom. The number of carbonyl (C=O) groups is 3. The Balaban J connectivity index is 1.40. The minimum absolute atomic E-state index is 0.283. The third-order valence-electron chi connectivity index (χ3n) is 7.32. The summed E-state index contributed by atoms with van der Waals surface area (Å²) >= 11 is 14.2. The second kappa shape index (κ2) is 11.3. The molecule has 0 spiro atoms. The fraction of sp³-hybridized carbons (Fsp3) is 0.200. The minimum atomic E-state index is -0.781. The van der Waals surface area contributed by atoms with E-state index in [-0.39, 0.29) is 28.3 Å². The molecule has 3 heterocycles. The number of hydrogen-bond donors (Lipinski definition) is 1. The van der Waals surface area contributed by atoms with Gasteiger partial charge in [-0.3, -0.25) is 23.7 Å². The second-order valence-corrected chi connectivity index (χ2v) is 12.9. The lowest BCUT2D eigenvalue weighted by Crippen LogP contribution is -2.33. The highest BCUT2D eigenvalue weighted by Gasteiger charge is 2.56. The lowest BCUT2D eigenvalue weighted by molar-refractivity contribution is -0.122. The van der Waals surface area contributed by atoms with Crippen LogP contribution in [-0.4, -0.2) is 34.6 Å². The van der Waals surface area contributed by atoms with Crippen molar-refractivity contribution in [2.24, 2.45) is 5.92 Å². The number of benzene rings is 3. The van der Waals surface area contributed by atoms with Crippen LogP contribution in [-0.2, 0) is 20.9 Å². The first-order valence-electron chi connectivity index (χ1n) is 12.9. The van der Waals surface area contributed by atoms with Crippen molar-refractivity contribution < 1.29 is 19.1 Å². The summed E-state index contributed by atoms with van der Waals surface area (Å²) in [6, 6.07) is 19.2. The van der Waals surface area contributed by atoms with Crippen molar-refractivity contribution in [1.82, 2.24) is 4.57 Å². The summed E-state index contributed by atoms with van der Waals surface area (Å²) in [6.07, 6.45) is 0. The SMILES string of the molecule is COc1ccc([C@@H]2c3sc(=O)n(CC(=O)Nc4ccc(Cl)c(Cl)c4)c3S[C@H]3C(=O)N(c4ccc(C)cc4)C(=O)[C@@H]23)cc1. The quantitative estimate of drug-likeness (QED) is 0.261. The fourth-order valence-corrected chi connectivity index (χ4v) is 8.36. The Bertz CT molecular complexity index is 1790. The van der Waals surface area contributed by atoms with Gasteiger partial charge in [0.15, 0.2) is 0 Å². The molecular weight excluding hydrogens is 617 g/mol. The molecule has 8 nitrogen and oxygen atoms in total. The topological polar surface area (TPSA) is 97.7 Å². The molecule has 12 heteroatoms. The van der Waals surface area contributed by atoms with E-state index in [0.717, 1.165) is 22.5 Å². The number of amides is 3. The van der Waals surface area contributed by atoms with Gasteiger partial charge in [-0.1, -0.05) is 76.1 Å². The monoisotopic (exact) mass is 639 g/mol. The number of thioether (sulfide) groups is 1. The average Bonchev–Trinajstić information content (AvgIpc) is 3.41. The van der Waals surface area contributed by atoms with Crippen molar-refractivity contribution in [3.8, 4) is 5.75 Å². The fourth-order valence-electron chi connectivity index (χ4n) is 5.29. The van der Waals surface area contributed by atoms with Gasteiger partial charge in [-0.2, -0.15) is 0 Å². The van der Waals surface area contributed by atoms with Crippen molar-refractivity contribution in [2.45, 2.75) is 29.7 Å². The summed E-state index contributed by atoms with van der Waals surface area (Å²) in [5.41, 5.74) is 2.71. The number of imide groups is 1. The van der Waals surface area contributed by atoms with E-state index >= 15 is 0 Å². The zero-order valence-corrected chi connectivity index (χ0v) is 25.4. The number of aryl methyl sites for hydroxylation is 1.